The molecule has 0 radical (unpaired) electrons. The SMILES string of the molecule is O=C(O)[C@@H]1CCCN1C(=O)c1ccc(-n2cnnn2)cc1. The number of carboxylic acids is 1. The highest BCUT2D eigenvalue weighted by molar-refractivity contribution is 5.97. The van der Waals surface area contributed by atoms with E-state index in [-0.39, 0.29) is 5.91 Å². The van der Waals surface area contributed by atoms with E-state index >= 15 is 0 Å². The second kappa shape index (κ2) is 5.31. The molecule has 1 aromatic carbocycles. The fraction of sp³-hybridized carbons (Fsp3) is 0.308. The second-order valence-electron chi connectivity index (χ2n) is 4.80. The zero-order chi connectivity index (χ0) is 14.8. The van der Waals surface area contributed by atoms with Crippen molar-refractivity contribution in [1.29, 1.82) is 0 Å². The fourth-order valence-electron chi connectivity index (χ4n) is 2.47. The van der Waals surface area contributed by atoms with Gasteiger partial charge in [-0.3, -0.25) is 4.79 Å². The summed E-state index contributed by atoms with van der Waals surface area (Å²) in [7, 11) is 0. The zero-order valence-corrected chi connectivity index (χ0v) is 11.1. The lowest BCUT2D eigenvalue weighted by molar-refractivity contribution is -0.141. The number of carbonyl (C=O) groups is 2. The highest BCUT2D eigenvalue weighted by Crippen LogP contribution is 2.20. The second-order valence-corrected chi connectivity index (χ2v) is 4.80. The van der Waals surface area contributed by atoms with E-state index < -0.39 is 12.0 Å². The van der Waals surface area contributed by atoms with Crippen molar-refractivity contribution in [2.75, 3.05) is 6.54 Å². The first-order chi connectivity index (χ1) is 10.2. The van der Waals surface area contributed by atoms with Crippen LogP contribution in [-0.2, 0) is 4.79 Å². The van der Waals surface area contributed by atoms with Crippen LogP contribution < -0.4 is 0 Å². The number of tetrazole rings is 1. The number of carboxylic acid groups (broad SMARTS) is 1. The summed E-state index contributed by atoms with van der Waals surface area (Å²) in [4.78, 5) is 24.9. The Morgan fingerprint density at radius 3 is 2.62 bits per heavy atom. The maximum atomic E-state index is 12.4. The number of rotatable bonds is 3. The minimum absolute atomic E-state index is 0.261. The molecule has 0 bridgehead atoms. The Morgan fingerprint density at radius 1 is 1.24 bits per heavy atom. The van der Waals surface area contributed by atoms with Crippen molar-refractivity contribution in [3.8, 4) is 5.69 Å². The van der Waals surface area contributed by atoms with E-state index in [1.54, 1.807) is 24.3 Å². The van der Waals surface area contributed by atoms with Gasteiger partial charge in [-0.1, -0.05) is 0 Å². The fourth-order valence-corrected chi connectivity index (χ4v) is 2.47. The number of benzene rings is 1. The molecule has 1 amide bonds. The van der Waals surface area contributed by atoms with Gasteiger partial charge >= 0.3 is 5.97 Å². The van der Waals surface area contributed by atoms with Gasteiger partial charge in [0.2, 0.25) is 0 Å². The molecule has 1 N–H and O–H groups in total. The van der Waals surface area contributed by atoms with Crippen LogP contribution in [0.2, 0.25) is 0 Å². The average molecular weight is 287 g/mol. The quantitative estimate of drug-likeness (QED) is 0.874. The van der Waals surface area contributed by atoms with Crippen LogP contribution in [0.3, 0.4) is 0 Å². The average Bonchev–Trinajstić information content (AvgIpc) is 3.18. The number of aromatic nitrogens is 4. The summed E-state index contributed by atoms with van der Waals surface area (Å²) in [5, 5.41) is 20.0. The van der Waals surface area contributed by atoms with Crippen molar-refractivity contribution >= 4 is 11.9 Å². The molecule has 8 heteroatoms. The molecule has 0 aliphatic carbocycles. The van der Waals surface area contributed by atoms with Gasteiger partial charge in [-0.2, -0.15) is 0 Å². The summed E-state index contributed by atoms with van der Waals surface area (Å²) in [5.74, 6) is -1.21. The van der Waals surface area contributed by atoms with Crippen LogP contribution in [-0.4, -0.2) is 54.7 Å². The molecule has 0 spiro atoms. The molecule has 1 aliphatic rings. The Labute approximate surface area is 120 Å². The van der Waals surface area contributed by atoms with Crippen molar-refractivity contribution in [3.63, 3.8) is 0 Å². The minimum Gasteiger partial charge on any atom is -0.480 e. The third-order valence-corrected chi connectivity index (χ3v) is 3.53. The maximum absolute atomic E-state index is 12.4. The number of carbonyl (C=O) groups excluding carboxylic acids is 1. The lowest BCUT2D eigenvalue weighted by Crippen LogP contribution is -2.40. The van der Waals surface area contributed by atoms with Crippen LogP contribution >= 0.6 is 0 Å². The summed E-state index contributed by atoms with van der Waals surface area (Å²) in [6, 6.07) is 6.01. The number of aliphatic carboxylic acids is 1. The number of amides is 1. The molecule has 2 aromatic rings. The summed E-state index contributed by atoms with van der Waals surface area (Å²) in [5.41, 5.74) is 1.19. The number of hydrogen-bond acceptors (Lipinski definition) is 5. The number of nitrogens with zero attached hydrogens (tertiary/aromatic N) is 5. The summed E-state index contributed by atoms with van der Waals surface area (Å²) in [6.07, 6.45) is 2.67. The Kier molecular flexibility index (Phi) is 3.35. The van der Waals surface area contributed by atoms with E-state index in [0.717, 1.165) is 5.69 Å². The first-order valence-corrected chi connectivity index (χ1v) is 6.54. The van der Waals surface area contributed by atoms with Gasteiger partial charge in [-0.05, 0) is 47.5 Å². The highest BCUT2D eigenvalue weighted by atomic mass is 16.4. The molecule has 1 saturated heterocycles. The highest BCUT2D eigenvalue weighted by Gasteiger charge is 2.34. The van der Waals surface area contributed by atoms with Crippen molar-refractivity contribution in [3.05, 3.63) is 36.2 Å². The Balaban J connectivity index is 1.80. The van der Waals surface area contributed by atoms with Crippen LogP contribution in [0.25, 0.3) is 5.69 Å². The Morgan fingerprint density at radius 2 is 2.00 bits per heavy atom. The normalized spacial score (nSPS) is 17.9. The van der Waals surface area contributed by atoms with Gasteiger partial charge in [0.15, 0.2) is 0 Å². The van der Waals surface area contributed by atoms with Crippen molar-refractivity contribution in [2.45, 2.75) is 18.9 Å². The topological polar surface area (TPSA) is 101 Å². The van der Waals surface area contributed by atoms with Crippen molar-refractivity contribution in [1.82, 2.24) is 25.1 Å². The molecule has 1 aromatic heterocycles. The molecule has 108 valence electrons. The van der Waals surface area contributed by atoms with Crippen LogP contribution in [0.15, 0.2) is 30.6 Å². The molecule has 1 atom stereocenters. The summed E-state index contributed by atoms with van der Waals surface area (Å²) >= 11 is 0. The van der Waals surface area contributed by atoms with Gasteiger partial charge in [0.1, 0.15) is 12.4 Å². The van der Waals surface area contributed by atoms with E-state index in [1.807, 2.05) is 0 Å². The van der Waals surface area contributed by atoms with E-state index in [1.165, 1.54) is 15.9 Å². The van der Waals surface area contributed by atoms with E-state index in [4.69, 9.17) is 5.11 Å². The Bertz CT molecular complexity index is 653. The van der Waals surface area contributed by atoms with Gasteiger partial charge in [0, 0.05) is 12.1 Å². The third kappa shape index (κ3) is 2.47. The number of likely N-dealkylation sites (tertiary alicyclic amines) is 1. The first kappa shape index (κ1) is 13.2. The molecule has 3 rings (SSSR count). The van der Waals surface area contributed by atoms with Gasteiger partial charge in [-0.15, -0.1) is 5.10 Å². The lowest BCUT2D eigenvalue weighted by atomic mass is 10.1. The van der Waals surface area contributed by atoms with E-state index in [0.29, 0.717) is 24.9 Å². The molecule has 21 heavy (non-hydrogen) atoms. The minimum atomic E-state index is -0.953. The monoisotopic (exact) mass is 287 g/mol. The molecular weight excluding hydrogens is 274 g/mol. The predicted molar refractivity (Wildman–Crippen MR) is 70.8 cm³/mol. The molecule has 1 fully saturated rings. The van der Waals surface area contributed by atoms with Crippen LogP contribution in [0.1, 0.15) is 23.2 Å². The molecule has 0 saturated carbocycles. The Hall–Kier alpha value is -2.77. The summed E-state index contributed by atoms with van der Waals surface area (Å²) in [6.45, 7) is 0.477. The van der Waals surface area contributed by atoms with Gasteiger partial charge in [0.05, 0.1) is 5.69 Å². The molecule has 8 nitrogen and oxygen atoms in total. The molecule has 2 heterocycles. The largest absolute Gasteiger partial charge is 0.480 e. The van der Waals surface area contributed by atoms with Gasteiger partial charge in [0.25, 0.3) is 5.91 Å². The zero-order valence-electron chi connectivity index (χ0n) is 11.1. The summed E-state index contributed by atoms with van der Waals surface area (Å²) < 4.78 is 1.48. The molecule has 0 unspecified atom stereocenters. The maximum Gasteiger partial charge on any atom is 0.326 e. The van der Waals surface area contributed by atoms with E-state index in [2.05, 4.69) is 15.5 Å². The van der Waals surface area contributed by atoms with Gasteiger partial charge in [-0.25, -0.2) is 9.48 Å². The lowest BCUT2D eigenvalue weighted by Gasteiger charge is -2.21. The van der Waals surface area contributed by atoms with Crippen LogP contribution in [0, 0.1) is 0 Å². The van der Waals surface area contributed by atoms with Crippen LogP contribution in [0.5, 0.6) is 0 Å². The smallest absolute Gasteiger partial charge is 0.326 e. The number of hydrogen-bond donors (Lipinski definition) is 1. The molecule has 1 aliphatic heterocycles. The van der Waals surface area contributed by atoms with Crippen molar-refractivity contribution in [2.24, 2.45) is 0 Å². The van der Waals surface area contributed by atoms with Crippen molar-refractivity contribution < 1.29 is 14.7 Å². The predicted octanol–water partition coefficient (Wildman–Crippen LogP) is 0.351. The van der Waals surface area contributed by atoms with Crippen LogP contribution in [0.4, 0.5) is 0 Å². The first-order valence-electron chi connectivity index (χ1n) is 6.54. The third-order valence-electron chi connectivity index (χ3n) is 3.53. The van der Waals surface area contributed by atoms with Gasteiger partial charge < -0.3 is 10.0 Å². The standard InChI is InChI=1S/C13H13N5O3/c19-12(17-7-1-2-11(17)13(20)21)9-3-5-10(6-4-9)18-8-14-15-16-18/h3-6,8,11H,1-2,7H2,(H,20,21)/t11-/m0/s1. The van der Waals surface area contributed by atoms with E-state index in [9.17, 15) is 9.59 Å². The molecular formula is C13H13N5O3.